The zero-order valence-electron chi connectivity index (χ0n) is 56.5. The minimum absolute atomic E-state index is 0.0120. The first-order chi connectivity index (χ1) is 44.9. The number of fused-ring (bicyclic) bond motifs is 2. The summed E-state index contributed by atoms with van der Waals surface area (Å²) in [7, 11) is -7.66. The van der Waals surface area contributed by atoms with Crippen molar-refractivity contribution in [1.29, 1.82) is 0 Å². The molecule has 2 aromatic carbocycles. The van der Waals surface area contributed by atoms with Crippen LogP contribution in [0, 0.1) is 70.6 Å². The van der Waals surface area contributed by atoms with Crippen LogP contribution < -0.4 is 0 Å². The number of esters is 2. The molecule has 2 amide bonds. The fraction of sp³-hybridized carbons (Fsp3) is 0.676. The van der Waals surface area contributed by atoms with Gasteiger partial charge in [-0.25, -0.2) is 17.6 Å². The van der Waals surface area contributed by atoms with Crippen molar-refractivity contribution in [1.82, 2.24) is 9.80 Å². The van der Waals surface area contributed by atoms with Crippen LogP contribution in [0.1, 0.15) is 207 Å². The van der Waals surface area contributed by atoms with E-state index in [1.165, 1.54) is 12.1 Å². The molecule has 94 heavy (non-hydrogen) atoms. The Morgan fingerprint density at radius 2 is 1.30 bits per heavy atom. The minimum Gasteiger partial charge on any atom is -0.462 e. The summed E-state index contributed by atoms with van der Waals surface area (Å²) in [6.45, 7) is 19.9. The first kappa shape index (κ1) is 74.8. The maximum Gasteiger partial charge on any atom is 0.306 e. The second-order valence-electron chi connectivity index (χ2n) is 28.6. The number of Topliss-reactive ketones (excluding diaryl/α,β-unsaturated/α-hetero) is 2. The number of amides is 2. The molecule has 14 atom stereocenters. The van der Waals surface area contributed by atoms with Gasteiger partial charge in [0.1, 0.15) is 35.5 Å². The van der Waals surface area contributed by atoms with Gasteiger partial charge in [0.2, 0.25) is 26.6 Å². The van der Waals surface area contributed by atoms with E-state index in [-0.39, 0.29) is 133 Å². The van der Waals surface area contributed by atoms with Gasteiger partial charge in [0.15, 0.2) is 11.6 Å². The molecule has 3 heterocycles. The van der Waals surface area contributed by atoms with E-state index >= 15 is 0 Å². The number of benzene rings is 2. The lowest BCUT2D eigenvalue weighted by Gasteiger charge is -2.33. The normalized spacial score (nSPS) is 29.6. The predicted octanol–water partition coefficient (Wildman–Crippen LogP) is 16.8. The van der Waals surface area contributed by atoms with Crippen molar-refractivity contribution in [2.45, 2.75) is 243 Å². The summed E-state index contributed by atoms with van der Waals surface area (Å²) in [6.07, 6.45) is 22.0. The summed E-state index contributed by atoms with van der Waals surface area (Å²) < 4.78 is 112. The maximum absolute atomic E-state index is 14.9. The molecule has 3 aliphatic heterocycles. The fourth-order valence-electron chi connectivity index (χ4n) is 16.0. The van der Waals surface area contributed by atoms with Crippen LogP contribution in [0.25, 0.3) is 0 Å². The lowest BCUT2D eigenvalue weighted by atomic mass is 9.85. The lowest BCUT2D eigenvalue weighted by molar-refractivity contribution is -0.155. The molecule has 4 aliphatic carbocycles. The summed E-state index contributed by atoms with van der Waals surface area (Å²) >= 11 is 0. The minimum atomic E-state index is -3.84. The van der Waals surface area contributed by atoms with Crippen molar-refractivity contribution in [3.63, 3.8) is 0 Å². The van der Waals surface area contributed by atoms with Crippen molar-refractivity contribution >= 4 is 50.1 Å². The lowest BCUT2D eigenvalue weighted by Crippen LogP contribution is -2.46. The van der Waals surface area contributed by atoms with Gasteiger partial charge in [-0.3, -0.25) is 37.9 Å². The van der Waals surface area contributed by atoms with Crippen molar-refractivity contribution in [2.75, 3.05) is 26.3 Å². The van der Waals surface area contributed by atoms with Crippen LogP contribution in [-0.4, -0.2) is 106 Å². The monoisotopic (exact) mass is 1350 g/mol. The standard InChI is InChI=1S/C38H54F2NO6P.C36H50F2NO6P/c1-6-9-10-11-15-27(5)30(21-36(43)47-29-16-12-13-17-29)37(44)41-24-26(4)20-34(41)35(42)23-38(22-28(38)7-2)48(45,46-8-3)25-31-32(39)18-14-19-33(31)40;1-4-44-46(43,23-29-30(37)16-11-17-31(29)38)36-20-26(36)13-8-6-5-7-12-25(3)28(19-34(41)45-27-14-9-10-15-27)35(42)39-22-24(2)18-32(39)33(40)21-36/h6-7,14,18-19,26-30,34H,1-2,8-13,15-17,20-25H2,3-5H3;8,11,13,16-17,24-28,32H,4-7,9-10,12,14-15,18-23H2,1-3H3/b;13-8-/t26-,27+,28+,30-,34-,38+,48?;24-,25+,26+,28-,32-,36+,46?/m00/s1. The zero-order valence-corrected chi connectivity index (χ0v) is 58.3. The van der Waals surface area contributed by atoms with Crippen molar-refractivity contribution in [2.24, 2.45) is 47.3 Å². The van der Waals surface area contributed by atoms with Crippen molar-refractivity contribution in [3.05, 3.63) is 108 Å². The summed E-state index contributed by atoms with van der Waals surface area (Å²) in [5.41, 5.74) is -0.615. The smallest absolute Gasteiger partial charge is 0.306 e. The van der Waals surface area contributed by atoms with E-state index < -0.39 is 84.6 Å². The van der Waals surface area contributed by atoms with Gasteiger partial charge in [-0.2, -0.15) is 0 Å². The first-order valence-corrected chi connectivity index (χ1v) is 38.8. The molecular weight excluding hydrogens is 1250 g/mol. The van der Waals surface area contributed by atoms with Crippen LogP contribution in [0.2, 0.25) is 0 Å². The maximum atomic E-state index is 14.9. The van der Waals surface area contributed by atoms with Gasteiger partial charge in [0, 0.05) is 37.1 Å². The van der Waals surface area contributed by atoms with Crippen LogP contribution in [0.4, 0.5) is 17.6 Å². The second kappa shape index (κ2) is 33.5. The van der Waals surface area contributed by atoms with Gasteiger partial charge < -0.3 is 28.3 Å². The number of ether oxygens (including phenoxy) is 2. The molecule has 9 rings (SSSR count). The Kier molecular flexibility index (Phi) is 26.6. The third-order valence-corrected chi connectivity index (χ3v) is 28.5. The topological polar surface area (TPSA) is 180 Å². The van der Waals surface area contributed by atoms with Crippen LogP contribution in [0.3, 0.4) is 0 Å². The van der Waals surface area contributed by atoms with Gasteiger partial charge in [-0.15, -0.1) is 13.2 Å². The van der Waals surface area contributed by atoms with Crippen LogP contribution in [-0.2, 0) is 68.7 Å². The van der Waals surface area contributed by atoms with Crippen molar-refractivity contribution in [3.8, 4) is 0 Å². The SMILES string of the molecule is C=CCCCC[C@@H](C)[C@H](CC(=O)OC1CCCC1)C(=O)N1C[C@@H](C)C[C@H]1C(=O)C[C@]1(P(=O)(Cc2c(F)cccc2F)OCC)C[C@H]1C=C.CCOP(=O)(Cc1c(F)cccc1F)[C@]12CC(=O)[C@@H]3C[C@H](C)CN3C(=O)[C@@H](CC(=O)OC3CCCC3)[C@H](C)CCCC/C=C\[C@@H]1C2. The van der Waals surface area contributed by atoms with Crippen molar-refractivity contribution < 1.29 is 74.0 Å². The largest absolute Gasteiger partial charge is 0.462 e. The Morgan fingerprint density at radius 1 is 0.734 bits per heavy atom. The first-order valence-electron chi connectivity index (χ1n) is 35.2. The van der Waals surface area contributed by atoms with E-state index in [0.29, 0.717) is 38.8 Å². The number of hydrogen-bond donors (Lipinski definition) is 0. The molecule has 2 unspecified atom stereocenters. The van der Waals surface area contributed by atoms with E-state index in [9.17, 15) is 55.5 Å². The van der Waals surface area contributed by atoms with E-state index in [0.717, 1.165) is 127 Å². The molecule has 520 valence electrons. The number of halogens is 4. The fourth-order valence-corrected chi connectivity index (χ4v) is 22.5. The molecule has 0 spiro atoms. The zero-order chi connectivity index (χ0) is 68.1. The Morgan fingerprint density at radius 3 is 1.87 bits per heavy atom. The molecule has 7 aliphatic rings. The highest BCUT2D eigenvalue weighted by Gasteiger charge is 2.68. The van der Waals surface area contributed by atoms with Gasteiger partial charge in [-0.05, 0) is 189 Å². The van der Waals surface area contributed by atoms with E-state index in [4.69, 9.17) is 18.5 Å². The number of ketones is 2. The average Bonchev–Trinajstić information content (AvgIpc) is 1.56. The number of rotatable bonds is 27. The van der Waals surface area contributed by atoms with E-state index in [2.05, 4.69) is 13.2 Å². The quantitative estimate of drug-likeness (QED) is 0.0272. The van der Waals surface area contributed by atoms with Crippen LogP contribution >= 0.6 is 14.7 Å². The van der Waals surface area contributed by atoms with Gasteiger partial charge in [-0.1, -0.05) is 77.0 Å². The number of unbranched alkanes of at least 4 members (excludes halogenated alkanes) is 2. The number of allylic oxidation sites excluding steroid dienone is 4. The summed E-state index contributed by atoms with van der Waals surface area (Å²) in [5, 5.41) is -2.27. The number of carbonyl (C=O) groups excluding carboxylic acids is 6. The summed E-state index contributed by atoms with van der Waals surface area (Å²) in [5.74, 6) is -6.75. The number of hydrogen-bond acceptors (Lipinski definition) is 12. The molecule has 2 aromatic rings. The third kappa shape index (κ3) is 17.8. The second-order valence-corrected chi connectivity index (χ2v) is 34.2. The van der Waals surface area contributed by atoms with Gasteiger partial charge >= 0.3 is 11.9 Å². The third-order valence-electron chi connectivity index (χ3n) is 21.6. The molecule has 0 bridgehead atoms. The van der Waals surface area contributed by atoms with Gasteiger partial charge in [0.05, 0.1) is 72.6 Å². The van der Waals surface area contributed by atoms with E-state index in [1.54, 1.807) is 29.7 Å². The van der Waals surface area contributed by atoms with E-state index in [1.807, 2.05) is 45.9 Å². The Balaban J connectivity index is 0.000000241. The van der Waals surface area contributed by atoms with Crippen LogP contribution in [0.15, 0.2) is 73.9 Å². The summed E-state index contributed by atoms with van der Waals surface area (Å²) in [4.78, 5) is 86.8. The highest BCUT2D eigenvalue weighted by atomic mass is 31.2. The molecule has 20 heteroatoms. The number of likely N-dealkylation sites (tertiary alicyclic amines) is 1. The molecule has 14 nitrogen and oxygen atoms in total. The Bertz CT molecular complexity index is 3110. The summed E-state index contributed by atoms with van der Waals surface area (Å²) in [6, 6.07) is 5.55. The molecule has 4 saturated carbocycles. The van der Waals surface area contributed by atoms with Crippen LogP contribution in [0.5, 0.6) is 0 Å². The highest BCUT2D eigenvalue weighted by molar-refractivity contribution is 7.60. The number of carbonyl (C=O) groups is 6. The molecular formula is C74H104F4N2O12P2. The Hall–Kier alpha value is -5.02. The molecule has 0 aromatic heterocycles. The molecule has 0 N–H and O–H groups in total. The highest BCUT2D eigenvalue weighted by Crippen LogP contribution is 2.78. The molecule has 6 fully saturated rings. The average molecular weight is 1350 g/mol. The molecule has 2 saturated heterocycles. The Labute approximate surface area is 555 Å². The number of nitrogens with zero attached hydrogens (tertiary/aromatic N) is 2. The van der Waals surface area contributed by atoms with Gasteiger partial charge in [0.25, 0.3) is 0 Å². The predicted molar refractivity (Wildman–Crippen MR) is 356 cm³/mol. The molecule has 0 radical (unpaired) electrons.